The highest BCUT2D eigenvalue weighted by Crippen LogP contribution is 2.25. The molecule has 170 valence electrons. The molecule has 0 aromatic heterocycles. The van der Waals surface area contributed by atoms with Gasteiger partial charge in [0.05, 0.1) is 15.7 Å². The number of benzene rings is 2. The van der Waals surface area contributed by atoms with Gasteiger partial charge in [-0.15, -0.1) is 0 Å². The number of nitro benzene ring substituents is 1. The third kappa shape index (κ3) is 5.48. The van der Waals surface area contributed by atoms with E-state index in [4.69, 9.17) is 4.74 Å². The third-order valence-corrected chi connectivity index (χ3v) is 7.09. The molecule has 11 heteroatoms. The largest absolute Gasteiger partial charge is 0.452 e. The lowest BCUT2D eigenvalue weighted by atomic mass is 9.98. The van der Waals surface area contributed by atoms with Gasteiger partial charge in [-0.1, -0.05) is 18.2 Å². The van der Waals surface area contributed by atoms with Gasteiger partial charge in [0, 0.05) is 30.9 Å². The van der Waals surface area contributed by atoms with Gasteiger partial charge in [0.25, 0.3) is 11.6 Å². The van der Waals surface area contributed by atoms with Crippen molar-refractivity contribution in [3.8, 4) is 0 Å². The second-order valence-corrected chi connectivity index (χ2v) is 9.30. The molecule has 1 amide bonds. The van der Waals surface area contributed by atoms with Crippen LogP contribution in [0.3, 0.4) is 0 Å². The van der Waals surface area contributed by atoms with Crippen LogP contribution < -0.4 is 5.32 Å². The second kappa shape index (κ2) is 9.88. The minimum absolute atomic E-state index is 0.108. The van der Waals surface area contributed by atoms with Crippen LogP contribution in [0.4, 0.5) is 11.4 Å². The first kappa shape index (κ1) is 23.4. The Balaban J connectivity index is 1.50. The van der Waals surface area contributed by atoms with Gasteiger partial charge in [0.15, 0.2) is 6.10 Å². The molecule has 1 saturated heterocycles. The minimum Gasteiger partial charge on any atom is -0.452 e. The van der Waals surface area contributed by atoms with Crippen LogP contribution in [0.1, 0.15) is 19.8 Å². The molecule has 1 unspecified atom stereocenters. The molecule has 3 rings (SSSR count). The number of nitrogens with one attached hydrogen (secondary N) is 1. The second-order valence-electron chi connectivity index (χ2n) is 7.36. The van der Waals surface area contributed by atoms with Crippen LogP contribution in [0.25, 0.3) is 0 Å². The maximum atomic E-state index is 12.7. The quantitative estimate of drug-likeness (QED) is 0.380. The number of sulfonamides is 1. The van der Waals surface area contributed by atoms with Gasteiger partial charge in [-0.05, 0) is 44.0 Å². The number of non-ortho nitro benzene ring substituents is 1. The van der Waals surface area contributed by atoms with Gasteiger partial charge in [-0.3, -0.25) is 19.7 Å². The van der Waals surface area contributed by atoms with E-state index in [-0.39, 0.29) is 23.7 Å². The van der Waals surface area contributed by atoms with Gasteiger partial charge in [0.1, 0.15) is 0 Å². The summed E-state index contributed by atoms with van der Waals surface area (Å²) in [5.74, 6) is -1.64. The monoisotopic (exact) mass is 461 g/mol. The van der Waals surface area contributed by atoms with E-state index in [0.717, 1.165) is 0 Å². The Labute approximate surface area is 185 Å². The molecule has 0 spiro atoms. The van der Waals surface area contributed by atoms with E-state index in [0.29, 0.717) is 18.5 Å². The number of rotatable bonds is 7. The van der Waals surface area contributed by atoms with Crippen LogP contribution in [0.2, 0.25) is 0 Å². The standard InChI is InChI=1S/C21H23N3O7S/c1-15(20(25)22-17-7-9-18(10-8-17)24(27)28)31-21(26)16-11-13-23(14-12-16)32(29,30)19-5-3-2-4-6-19/h2-10,15-16H,11-14H2,1H3,(H,22,25). The molecular weight excluding hydrogens is 438 g/mol. The summed E-state index contributed by atoms with van der Waals surface area (Å²) in [5, 5.41) is 13.2. The zero-order valence-electron chi connectivity index (χ0n) is 17.3. The number of hydrogen-bond donors (Lipinski definition) is 1. The molecular formula is C21H23N3O7S. The summed E-state index contributed by atoms with van der Waals surface area (Å²) in [6, 6.07) is 13.4. The maximum Gasteiger partial charge on any atom is 0.309 e. The maximum absolute atomic E-state index is 12.7. The van der Waals surface area contributed by atoms with Crippen LogP contribution in [0.5, 0.6) is 0 Å². The van der Waals surface area contributed by atoms with Crippen molar-refractivity contribution in [3.05, 3.63) is 64.7 Å². The Bertz CT molecular complexity index is 1080. The van der Waals surface area contributed by atoms with Crippen LogP contribution in [0, 0.1) is 16.0 Å². The first-order valence-corrected chi connectivity index (χ1v) is 11.4. The lowest BCUT2D eigenvalue weighted by Crippen LogP contribution is -2.41. The van der Waals surface area contributed by atoms with Crippen molar-refractivity contribution in [2.45, 2.75) is 30.8 Å². The van der Waals surface area contributed by atoms with Crippen molar-refractivity contribution in [2.75, 3.05) is 18.4 Å². The molecule has 1 aliphatic heterocycles. The summed E-state index contributed by atoms with van der Waals surface area (Å²) in [6.45, 7) is 1.79. The van der Waals surface area contributed by atoms with Gasteiger partial charge >= 0.3 is 5.97 Å². The first-order valence-electron chi connectivity index (χ1n) is 9.99. The highest BCUT2D eigenvalue weighted by molar-refractivity contribution is 7.89. The fourth-order valence-electron chi connectivity index (χ4n) is 3.31. The van der Waals surface area contributed by atoms with E-state index in [1.165, 1.54) is 47.6 Å². The van der Waals surface area contributed by atoms with Gasteiger partial charge in [-0.25, -0.2) is 8.42 Å². The zero-order valence-corrected chi connectivity index (χ0v) is 18.2. The Morgan fingerprint density at radius 1 is 1.09 bits per heavy atom. The number of hydrogen-bond acceptors (Lipinski definition) is 7. The van der Waals surface area contributed by atoms with Gasteiger partial charge in [0.2, 0.25) is 10.0 Å². The molecule has 1 N–H and O–H groups in total. The van der Waals surface area contributed by atoms with Crippen molar-refractivity contribution < 1.29 is 27.7 Å². The zero-order chi connectivity index (χ0) is 23.3. The minimum atomic E-state index is -3.62. The Kier molecular flexibility index (Phi) is 7.21. The van der Waals surface area contributed by atoms with Crippen molar-refractivity contribution in [1.29, 1.82) is 0 Å². The summed E-state index contributed by atoms with van der Waals surface area (Å²) < 4.78 is 32.0. The molecule has 10 nitrogen and oxygen atoms in total. The molecule has 0 saturated carbocycles. The van der Waals surface area contributed by atoms with Crippen molar-refractivity contribution >= 4 is 33.3 Å². The van der Waals surface area contributed by atoms with E-state index >= 15 is 0 Å². The molecule has 0 aliphatic carbocycles. The lowest BCUT2D eigenvalue weighted by molar-refractivity contribution is -0.384. The van der Waals surface area contributed by atoms with Crippen molar-refractivity contribution in [2.24, 2.45) is 5.92 Å². The van der Waals surface area contributed by atoms with Crippen molar-refractivity contribution in [1.82, 2.24) is 4.31 Å². The SMILES string of the molecule is CC(OC(=O)C1CCN(S(=O)(=O)c2ccccc2)CC1)C(=O)Nc1ccc([N+](=O)[O-])cc1. The Morgan fingerprint density at radius 2 is 1.69 bits per heavy atom. The van der Waals surface area contributed by atoms with E-state index in [1.807, 2.05) is 0 Å². The smallest absolute Gasteiger partial charge is 0.309 e. The van der Waals surface area contributed by atoms with Crippen LogP contribution in [-0.2, 0) is 24.3 Å². The molecule has 0 radical (unpaired) electrons. The molecule has 2 aromatic carbocycles. The summed E-state index contributed by atoms with van der Waals surface area (Å²) in [4.78, 5) is 35.1. The van der Waals surface area contributed by atoms with E-state index in [2.05, 4.69) is 5.32 Å². The molecule has 1 heterocycles. The normalized spacial score (nSPS) is 16.2. The lowest BCUT2D eigenvalue weighted by Gasteiger charge is -2.30. The average Bonchev–Trinajstić information content (AvgIpc) is 2.80. The highest BCUT2D eigenvalue weighted by Gasteiger charge is 2.33. The highest BCUT2D eigenvalue weighted by atomic mass is 32.2. The Morgan fingerprint density at radius 3 is 2.25 bits per heavy atom. The summed E-state index contributed by atoms with van der Waals surface area (Å²) >= 11 is 0. The summed E-state index contributed by atoms with van der Waals surface area (Å²) in [7, 11) is -3.62. The van der Waals surface area contributed by atoms with E-state index in [1.54, 1.807) is 18.2 Å². The molecule has 1 atom stereocenters. The molecule has 1 fully saturated rings. The molecule has 32 heavy (non-hydrogen) atoms. The van der Waals surface area contributed by atoms with Crippen molar-refractivity contribution in [3.63, 3.8) is 0 Å². The number of nitrogens with zero attached hydrogens (tertiary/aromatic N) is 2. The average molecular weight is 461 g/mol. The van der Waals surface area contributed by atoms with E-state index < -0.39 is 38.8 Å². The first-order chi connectivity index (χ1) is 15.2. The Hall–Kier alpha value is -3.31. The number of esters is 1. The topological polar surface area (TPSA) is 136 Å². The molecule has 2 aromatic rings. The number of nitro groups is 1. The predicted octanol–water partition coefficient (Wildman–Crippen LogP) is 2.57. The third-order valence-electron chi connectivity index (χ3n) is 5.18. The summed E-state index contributed by atoms with van der Waals surface area (Å²) in [6.07, 6.45) is -0.493. The van der Waals surface area contributed by atoms with Gasteiger partial charge < -0.3 is 10.1 Å². The molecule has 0 bridgehead atoms. The number of ether oxygens (including phenoxy) is 1. The molecule has 1 aliphatic rings. The predicted molar refractivity (Wildman–Crippen MR) is 115 cm³/mol. The summed E-state index contributed by atoms with van der Waals surface area (Å²) in [5.41, 5.74) is 0.228. The fourth-order valence-corrected chi connectivity index (χ4v) is 4.80. The van der Waals surface area contributed by atoms with Crippen LogP contribution in [-0.4, -0.2) is 48.7 Å². The number of amides is 1. The van der Waals surface area contributed by atoms with E-state index in [9.17, 15) is 28.1 Å². The number of anilines is 1. The van der Waals surface area contributed by atoms with Crippen LogP contribution >= 0.6 is 0 Å². The number of piperidine rings is 1. The fraction of sp³-hybridized carbons (Fsp3) is 0.333. The number of carbonyl (C=O) groups is 2. The number of carbonyl (C=O) groups excluding carboxylic acids is 2. The van der Waals surface area contributed by atoms with Gasteiger partial charge in [-0.2, -0.15) is 4.31 Å². The van der Waals surface area contributed by atoms with Crippen LogP contribution in [0.15, 0.2) is 59.5 Å².